The van der Waals surface area contributed by atoms with E-state index in [-0.39, 0.29) is 12.2 Å². The first-order chi connectivity index (χ1) is 8.58. The van der Waals surface area contributed by atoms with Crippen LogP contribution in [0.5, 0.6) is 0 Å². The maximum atomic E-state index is 11.8. The van der Waals surface area contributed by atoms with E-state index in [9.17, 15) is 14.7 Å². The molecule has 2 rings (SSSR count). The van der Waals surface area contributed by atoms with Crippen molar-refractivity contribution < 1.29 is 14.7 Å². The number of hydrogen-bond donors (Lipinski definition) is 1. The largest absolute Gasteiger partial charge is 0.480 e. The summed E-state index contributed by atoms with van der Waals surface area (Å²) in [7, 11) is 0. The van der Waals surface area contributed by atoms with Crippen LogP contribution in [0.3, 0.4) is 0 Å². The van der Waals surface area contributed by atoms with Gasteiger partial charge in [-0.05, 0) is 37.0 Å². The summed E-state index contributed by atoms with van der Waals surface area (Å²) in [5.74, 6) is -1.21. The van der Waals surface area contributed by atoms with Gasteiger partial charge in [0.2, 0.25) is 0 Å². The van der Waals surface area contributed by atoms with Crippen molar-refractivity contribution in [2.75, 3.05) is 0 Å². The zero-order valence-corrected chi connectivity index (χ0v) is 9.85. The molecule has 1 aliphatic carbocycles. The number of carboxylic acids is 1. The number of hydrogen-bond acceptors (Lipinski definition) is 3. The third kappa shape index (κ3) is 2.00. The molecule has 92 valence electrons. The molecule has 1 fully saturated rings. The average Bonchev–Trinajstić information content (AvgIpc) is 2.73. The number of benzene rings is 1. The minimum Gasteiger partial charge on any atom is -0.480 e. The highest BCUT2D eigenvalue weighted by Gasteiger charge is 2.48. The standard InChI is InChI=1S/C14H13NO3/c15-9-11-5-3-10(4-6-11)8-14(13(17)18)7-1-2-12(14)16/h3-6H,1-2,7-8H2,(H,17,18). The van der Waals surface area contributed by atoms with E-state index in [0.29, 0.717) is 24.8 Å². The van der Waals surface area contributed by atoms with E-state index in [1.807, 2.05) is 6.07 Å². The molecule has 1 aromatic rings. The number of ketones is 1. The Morgan fingerprint density at radius 2 is 2.06 bits per heavy atom. The number of nitriles is 1. The molecule has 0 saturated heterocycles. The Hall–Kier alpha value is -2.15. The van der Waals surface area contributed by atoms with Gasteiger partial charge in [-0.15, -0.1) is 0 Å². The second-order valence-corrected chi connectivity index (χ2v) is 4.65. The monoisotopic (exact) mass is 243 g/mol. The molecular formula is C14H13NO3. The first-order valence-electron chi connectivity index (χ1n) is 5.84. The number of aliphatic carboxylic acids is 1. The first-order valence-corrected chi connectivity index (χ1v) is 5.84. The number of carbonyl (C=O) groups excluding carboxylic acids is 1. The molecule has 1 saturated carbocycles. The molecule has 0 aromatic heterocycles. The molecule has 0 amide bonds. The Labute approximate surface area is 105 Å². The number of carboxylic acid groups (broad SMARTS) is 1. The highest BCUT2D eigenvalue weighted by atomic mass is 16.4. The van der Waals surface area contributed by atoms with E-state index in [1.165, 1.54) is 0 Å². The Morgan fingerprint density at radius 1 is 1.39 bits per heavy atom. The van der Waals surface area contributed by atoms with E-state index in [4.69, 9.17) is 5.26 Å². The second-order valence-electron chi connectivity index (χ2n) is 4.65. The van der Waals surface area contributed by atoms with Gasteiger partial charge >= 0.3 is 5.97 Å². The van der Waals surface area contributed by atoms with E-state index >= 15 is 0 Å². The molecule has 0 bridgehead atoms. The van der Waals surface area contributed by atoms with Crippen LogP contribution in [-0.4, -0.2) is 16.9 Å². The van der Waals surface area contributed by atoms with Crippen molar-refractivity contribution >= 4 is 11.8 Å². The Kier molecular flexibility index (Phi) is 3.15. The first kappa shape index (κ1) is 12.3. The summed E-state index contributed by atoms with van der Waals surface area (Å²) in [5.41, 5.74) is 0.0567. The highest BCUT2D eigenvalue weighted by Crippen LogP contribution is 2.38. The van der Waals surface area contributed by atoms with Gasteiger partial charge in [0.15, 0.2) is 5.78 Å². The molecular weight excluding hydrogens is 230 g/mol. The highest BCUT2D eigenvalue weighted by molar-refractivity contribution is 6.04. The van der Waals surface area contributed by atoms with E-state index in [0.717, 1.165) is 5.56 Å². The minimum atomic E-state index is -1.26. The van der Waals surface area contributed by atoms with Crippen molar-refractivity contribution in [1.29, 1.82) is 5.26 Å². The normalized spacial score (nSPS) is 22.7. The zero-order chi connectivity index (χ0) is 13.2. The molecule has 1 aromatic carbocycles. The maximum absolute atomic E-state index is 11.8. The van der Waals surface area contributed by atoms with Gasteiger partial charge < -0.3 is 5.11 Å². The molecule has 4 heteroatoms. The molecule has 4 nitrogen and oxygen atoms in total. The van der Waals surface area contributed by atoms with Crippen LogP contribution in [0.1, 0.15) is 30.4 Å². The predicted octanol–water partition coefficient (Wildman–Crippen LogP) is 1.92. The van der Waals surface area contributed by atoms with E-state index in [2.05, 4.69) is 0 Å². The minimum absolute atomic E-state index is 0.181. The van der Waals surface area contributed by atoms with Crippen molar-refractivity contribution in [3.05, 3.63) is 35.4 Å². The van der Waals surface area contributed by atoms with Crippen molar-refractivity contribution in [1.82, 2.24) is 0 Å². The van der Waals surface area contributed by atoms with Crippen LogP contribution in [0.2, 0.25) is 0 Å². The van der Waals surface area contributed by atoms with Gasteiger partial charge in [0.05, 0.1) is 11.6 Å². The molecule has 1 atom stereocenters. The van der Waals surface area contributed by atoms with Crippen LogP contribution in [0.4, 0.5) is 0 Å². The summed E-state index contributed by atoms with van der Waals surface area (Å²) >= 11 is 0. The lowest BCUT2D eigenvalue weighted by molar-refractivity contribution is -0.153. The molecule has 1 N–H and O–H groups in total. The molecule has 1 aliphatic rings. The molecule has 18 heavy (non-hydrogen) atoms. The zero-order valence-electron chi connectivity index (χ0n) is 9.85. The molecule has 0 spiro atoms. The fraction of sp³-hybridized carbons (Fsp3) is 0.357. The lowest BCUT2D eigenvalue weighted by Crippen LogP contribution is -2.37. The van der Waals surface area contributed by atoms with Crippen molar-refractivity contribution in [2.45, 2.75) is 25.7 Å². The summed E-state index contributed by atoms with van der Waals surface area (Å²) in [6.07, 6.45) is 1.61. The van der Waals surface area contributed by atoms with Gasteiger partial charge in [0.1, 0.15) is 5.41 Å². The molecule has 1 unspecified atom stereocenters. The third-order valence-electron chi connectivity index (χ3n) is 3.54. The number of rotatable bonds is 3. The lowest BCUT2D eigenvalue weighted by atomic mass is 9.79. The maximum Gasteiger partial charge on any atom is 0.317 e. The fourth-order valence-electron chi connectivity index (χ4n) is 2.46. The van der Waals surface area contributed by atoms with Gasteiger partial charge in [0, 0.05) is 6.42 Å². The summed E-state index contributed by atoms with van der Waals surface area (Å²) < 4.78 is 0. The number of carbonyl (C=O) groups is 2. The molecule has 0 heterocycles. The topological polar surface area (TPSA) is 78.2 Å². The van der Waals surface area contributed by atoms with Gasteiger partial charge in [-0.3, -0.25) is 9.59 Å². The average molecular weight is 243 g/mol. The van der Waals surface area contributed by atoms with Crippen molar-refractivity contribution in [3.63, 3.8) is 0 Å². The van der Waals surface area contributed by atoms with Crippen LogP contribution in [0, 0.1) is 16.7 Å². The summed E-state index contributed by atoms with van der Waals surface area (Å²) in [6.45, 7) is 0. The fourth-order valence-corrected chi connectivity index (χ4v) is 2.46. The van der Waals surface area contributed by atoms with Gasteiger partial charge in [-0.1, -0.05) is 12.1 Å². The quantitative estimate of drug-likeness (QED) is 0.823. The van der Waals surface area contributed by atoms with Gasteiger partial charge in [-0.2, -0.15) is 5.26 Å². The van der Waals surface area contributed by atoms with Gasteiger partial charge in [0.25, 0.3) is 0 Å². The van der Waals surface area contributed by atoms with Crippen molar-refractivity contribution in [3.8, 4) is 6.07 Å². The van der Waals surface area contributed by atoms with Crippen LogP contribution < -0.4 is 0 Å². The SMILES string of the molecule is N#Cc1ccc(CC2(C(=O)O)CCCC2=O)cc1. The van der Waals surface area contributed by atoms with Crippen LogP contribution in [0.15, 0.2) is 24.3 Å². The lowest BCUT2D eigenvalue weighted by Gasteiger charge is -2.22. The summed E-state index contributed by atoms with van der Waals surface area (Å²) in [5, 5.41) is 18.0. The van der Waals surface area contributed by atoms with Gasteiger partial charge in [-0.25, -0.2) is 0 Å². The second kappa shape index (κ2) is 4.61. The van der Waals surface area contributed by atoms with Crippen LogP contribution >= 0.6 is 0 Å². The predicted molar refractivity (Wildman–Crippen MR) is 63.8 cm³/mol. The Bertz CT molecular complexity index is 527. The third-order valence-corrected chi connectivity index (χ3v) is 3.54. The van der Waals surface area contributed by atoms with Crippen LogP contribution in [0.25, 0.3) is 0 Å². The Balaban J connectivity index is 2.27. The Morgan fingerprint density at radius 3 is 2.50 bits per heavy atom. The smallest absolute Gasteiger partial charge is 0.317 e. The van der Waals surface area contributed by atoms with Crippen molar-refractivity contribution in [2.24, 2.45) is 5.41 Å². The molecule has 0 aliphatic heterocycles. The summed E-state index contributed by atoms with van der Waals surface area (Å²) in [6, 6.07) is 8.73. The summed E-state index contributed by atoms with van der Waals surface area (Å²) in [4.78, 5) is 23.2. The van der Waals surface area contributed by atoms with E-state index < -0.39 is 11.4 Å². The number of Topliss-reactive ketones (excluding diaryl/α,β-unsaturated/α-hetero) is 1. The van der Waals surface area contributed by atoms with Crippen LogP contribution in [-0.2, 0) is 16.0 Å². The number of nitrogens with zero attached hydrogens (tertiary/aromatic N) is 1. The molecule has 0 radical (unpaired) electrons. The van der Waals surface area contributed by atoms with E-state index in [1.54, 1.807) is 24.3 Å².